The monoisotopic (exact) mass is 284 g/mol. The molecule has 88 valence electrons. The lowest BCUT2D eigenvalue weighted by molar-refractivity contribution is -0.121. The third-order valence-corrected chi connectivity index (χ3v) is 3.24. The number of hydrogen-bond donors (Lipinski definition) is 1. The van der Waals surface area contributed by atoms with Crippen LogP contribution >= 0.6 is 15.9 Å². The van der Waals surface area contributed by atoms with Crippen LogP contribution in [0, 0.1) is 5.92 Å². The van der Waals surface area contributed by atoms with Crippen molar-refractivity contribution in [3.05, 3.63) is 28.7 Å². The minimum absolute atomic E-state index is 0.0397. The fourth-order valence-corrected chi connectivity index (χ4v) is 2.10. The topological polar surface area (TPSA) is 46.3 Å². The van der Waals surface area contributed by atoms with Crippen molar-refractivity contribution in [3.63, 3.8) is 0 Å². The van der Waals surface area contributed by atoms with Gasteiger partial charge in [-0.1, -0.05) is 19.1 Å². The Hall–Kier alpha value is -0.870. The predicted octanol–water partition coefficient (Wildman–Crippen LogP) is 2.40. The van der Waals surface area contributed by atoms with E-state index in [1.54, 1.807) is 11.9 Å². The maximum Gasteiger partial charge on any atom is 0.229 e. The molecule has 3 nitrogen and oxygen atoms in total. The number of carbonyl (C=O) groups excluding carboxylic acids is 1. The summed E-state index contributed by atoms with van der Waals surface area (Å²) in [4.78, 5) is 13.7. The van der Waals surface area contributed by atoms with Gasteiger partial charge >= 0.3 is 0 Å². The van der Waals surface area contributed by atoms with Crippen LogP contribution in [-0.4, -0.2) is 19.5 Å². The molecule has 0 spiro atoms. The minimum atomic E-state index is -0.0397. The Bertz CT molecular complexity index is 368. The van der Waals surface area contributed by atoms with E-state index in [1.165, 1.54) is 0 Å². The van der Waals surface area contributed by atoms with Gasteiger partial charge in [-0.05, 0) is 41.0 Å². The molecule has 1 amide bonds. The Morgan fingerprint density at radius 2 is 2.12 bits per heavy atom. The number of nitrogens with zero attached hydrogens (tertiary/aromatic N) is 1. The molecule has 16 heavy (non-hydrogen) atoms. The summed E-state index contributed by atoms with van der Waals surface area (Å²) >= 11 is 3.43. The van der Waals surface area contributed by atoms with Gasteiger partial charge in [0.05, 0.1) is 5.69 Å². The smallest absolute Gasteiger partial charge is 0.229 e. The minimum Gasteiger partial charge on any atom is -0.330 e. The predicted molar refractivity (Wildman–Crippen MR) is 70.4 cm³/mol. The van der Waals surface area contributed by atoms with Gasteiger partial charge in [0, 0.05) is 17.4 Å². The molecule has 1 atom stereocenters. The third-order valence-electron chi connectivity index (χ3n) is 2.57. The average Bonchev–Trinajstić information content (AvgIpc) is 2.28. The van der Waals surface area contributed by atoms with Gasteiger partial charge in [0.25, 0.3) is 0 Å². The first-order valence-corrected chi connectivity index (χ1v) is 6.09. The van der Waals surface area contributed by atoms with Crippen molar-refractivity contribution in [1.29, 1.82) is 0 Å². The van der Waals surface area contributed by atoms with Crippen LogP contribution in [0.25, 0.3) is 0 Å². The van der Waals surface area contributed by atoms with Crippen molar-refractivity contribution in [2.24, 2.45) is 11.7 Å². The van der Waals surface area contributed by atoms with Crippen LogP contribution in [0.15, 0.2) is 28.7 Å². The summed E-state index contributed by atoms with van der Waals surface area (Å²) in [6.45, 7) is 2.44. The van der Waals surface area contributed by atoms with Crippen LogP contribution in [0.5, 0.6) is 0 Å². The van der Waals surface area contributed by atoms with E-state index >= 15 is 0 Å². The van der Waals surface area contributed by atoms with Gasteiger partial charge in [0.1, 0.15) is 0 Å². The number of anilines is 1. The summed E-state index contributed by atoms with van der Waals surface area (Å²) in [5.74, 6) is 0.0551. The highest BCUT2D eigenvalue weighted by atomic mass is 79.9. The largest absolute Gasteiger partial charge is 0.330 e. The number of hydrogen-bond acceptors (Lipinski definition) is 2. The van der Waals surface area contributed by atoms with Crippen LogP contribution in [0.1, 0.15) is 13.3 Å². The number of halogens is 1. The first-order valence-electron chi connectivity index (χ1n) is 5.30. The molecule has 2 N–H and O–H groups in total. The van der Waals surface area contributed by atoms with Crippen LogP contribution in [0.2, 0.25) is 0 Å². The molecule has 0 saturated heterocycles. The average molecular weight is 285 g/mol. The molecule has 1 unspecified atom stereocenters. The molecule has 0 radical (unpaired) electrons. The Kier molecular flexibility index (Phi) is 4.96. The van der Waals surface area contributed by atoms with Crippen molar-refractivity contribution < 1.29 is 4.79 Å². The number of carbonyl (C=O) groups is 1. The van der Waals surface area contributed by atoms with Crippen molar-refractivity contribution in [1.82, 2.24) is 0 Å². The number of benzene rings is 1. The summed E-state index contributed by atoms with van der Waals surface area (Å²) in [5, 5.41) is 0. The van der Waals surface area contributed by atoms with Crippen LogP contribution < -0.4 is 10.6 Å². The molecule has 0 fully saturated rings. The zero-order valence-electron chi connectivity index (χ0n) is 9.61. The molecule has 0 saturated carbocycles. The maximum absolute atomic E-state index is 12.0. The lowest BCUT2D eigenvalue weighted by atomic mass is 10.1. The van der Waals surface area contributed by atoms with Gasteiger partial charge in [0.2, 0.25) is 5.91 Å². The Morgan fingerprint density at radius 1 is 1.50 bits per heavy atom. The van der Waals surface area contributed by atoms with E-state index in [0.29, 0.717) is 13.0 Å². The van der Waals surface area contributed by atoms with E-state index in [-0.39, 0.29) is 11.8 Å². The van der Waals surface area contributed by atoms with Gasteiger partial charge in [-0.15, -0.1) is 0 Å². The molecule has 0 aliphatic rings. The Labute approximate surface area is 105 Å². The summed E-state index contributed by atoms with van der Waals surface area (Å²) in [7, 11) is 1.79. The first-order chi connectivity index (χ1) is 7.57. The molecule has 1 aromatic carbocycles. The van der Waals surface area contributed by atoms with Gasteiger partial charge in [-0.25, -0.2) is 0 Å². The molecule has 0 aliphatic carbocycles. The Morgan fingerprint density at radius 3 is 2.69 bits per heavy atom. The van der Waals surface area contributed by atoms with Gasteiger partial charge < -0.3 is 10.6 Å². The molecule has 0 aliphatic heterocycles. The summed E-state index contributed by atoms with van der Waals surface area (Å²) in [6.07, 6.45) is 0.716. The van der Waals surface area contributed by atoms with E-state index in [4.69, 9.17) is 5.73 Å². The van der Waals surface area contributed by atoms with Crippen molar-refractivity contribution >= 4 is 27.5 Å². The molecular formula is C12H17BrN2O. The number of rotatable bonds is 4. The van der Waals surface area contributed by atoms with E-state index in [1.807, 2.05) is 31.2 Å². The zero-order chi connectivity index (χ0) is 12.1. The fraction of sp³-hybridized carbons (Fsp3) is 0.417. The second-order valence-electron chi connectivity index (χ2n) is 3.83. The van der Waals surface area contributed by atoms with Crippen molar-refractivity contribution in [2.75, 3.05) is 18.5 Å². The quantitative estimate of drug-likeness (QED) is 0.923. The molecule has 4 heteroatoms. The Balaban J connectivity index is 2.82. The summed E-state index contributed by atoms with van der Waals surface area (Å²) < 4.78 is 0.922. The van der Waals surface area contributed by atoms with Gasteiger partial charge in [-0.3, -0.25) is 4.79 Å². The third kappa shape index (κ3) is 3.06. The lowest BCUT2D eigenvalue weighted by Crippen LogP contribution is -2.32. The second kappa shape index (κ2) is 6.01. The molecule has 1 aromatic rings. The fourth-order valence-electron chi connectivity index (χ4n) is 1.55. The van der Waals surface area contributed by atoms with E-state index < -0.39 is 0 Å². The van der Waals surface area contributed by atoms with E-state index in [0.717, 1.165) is 10.2 Å². The van der Waals surface area contributed by atoms with Crippen LogP contribution in [-0.2, 0) is 4.79 Å². The van der Waals surface area contributed by atoms with Crippen molar-refractivity contribution in [2.45, 2.75) is 13.3 Å². The molecule has 0 aromatic heterocycles. The highest BCUT2D eigenvalue weighted by Gasteiger charge is 2.19. The van der Waals surface area contributed by atoms with E-state index in [2.05, 4.69) is 15.9 Å². The van der Waals surface area contributed by atoms with Crippen molar-refractivity contribution in [3.8, 4) is 0 Å². The molecule has 1 rings (SSSR count). The SMILES string of the molecule is CC(CCN)C(=O)N(C)c1ccccc1Br. The van der Waals surface area contributed by atoms with Gasteiger partial charge in [0.15, 0.2) is 0 Å². The first kappa shape index (κ1) is 13.2. The standard InChI is InChI=1S/C12H17BrN2O/c1-9(7-8-14)12(16)15(2)11-6-4-3-5-10(11)13/h3-6,9H,7-8,14H2,1-2H3. The van der Waals surface area contributed by atoms with Crippen LogP contribution in [0.4, 0.5) is 5.69 Å². The van der Waals surface area contributed by atoms with Gasteiger partial charge in [-0.2, -0.15) is 0 Å². The summed E-state index contributed by atoms with van der Waals surface area (Å²) in [5.41, 5.74) is 6.34. The van der Waals surface area contributed by atoms with E-state index in [9.17, 15) is 4.79 Å². The number of nitrogens with two attached hydrogens (primary N) is 1. The highest BCUT2D eigenvalue weighted by molar-refractivity contribution is 9.10. The normalized spacial score (nSPS) is 12.2. The molecule has 0 bridgehead atoms. The number of para-hydroxylation sites is 1. The van der Waals surface area contributed by atoms with Crippen LogP contribution in [0.3, 0.4) is 0 Å². The maximum atomic E-state index is 12.0. The second-order valence-corrected chi connectivity index (χ2v) is 4.68. The summed E-state index contributed by atoms with van der Waals surface area (Å²) in [6, 6.07) is 7.68. The number of amides is 1. The molecule has 0 heterocycles. The molecular weight excluding hydrogens is 268 g/mol. The zero-order valence-corrected chi connectivity index (χ0v) is 11.2. The highest BCUT2D eigenvalue weighted by Crippen LogP contribution is 2.25. The lowest BCUT2D eigenvalue weighted by Gasteiger charge is -2.22.